The van der Waals surface area contributed by atoms with Crippen molar-refractivity contribution in [2.45, 2.75) is 34.6 Å². The molecule has 0 amide bonds. The van der Waals surface area contributed by atoms with Crippen LogP contribution in [0.4, 0.5) is 4.39 Å². The molecule has 0 saturated heterocycles. The fourth-order valence-electron chi connectivity index (χ4n) is 3.23. The smallest absolute Gasteiger partial charge is 0.336 e. The first kappa shape index (κ1) is 17.8. The molecule has 1 N–H and O–H groups in total. The summed E-state index contributed by atoms with van der Waals surface area (Å²) < 4.78 is 19.4. The van der Waals surface area contributed by atoms with Crippen molar-refractivity contribution in [3.8, 4) is 22.8 Å². The number of carbonyl (C=O) groups is 1. The van der Waals surface area contributed by atoms with E-state index in [0.29, 0.717) is 16.7 Å². The lowest BCUT2D eigenvalue weighted by Crippen LogP contribution is -2.09. The third-order valence-electron chi connectivity index (χ3n) is 4.84. The van der Waals surface area contributed by atoms with E-state index >= 15 is 0 Å². The predicted octanol–water partition coefficient (Wildman–Crippen LogP) is 4.78. The van der Waals surface area contributed by atoms with Crippen LogP contribution >= 0.6 is 0 Å². The number of hydrogen-bond donors (Lipinski definition) is 1. The number of nitrogens with zero attached hydrogens (tertiary/aromatic N) is 2. The van der Waals surface area contributed by atoms with E-state index in [1.54, 1.807) is 32.9 Å². The van der Waals surface area contributed by atoms with E-state index in [9.17, 15) is 14.3 Å². The fraction of sp³-hybridized carbons (Fsp3) is 0.250. The normalized spacial score (nSPS) is 11.0. The van der Waals surface area contributed by atoms with Crippen molar-refractivity contribution in [3.63, 3.8) is 0 Å². The monoisotopic (exact) mass is 354 g/mol. The molecule has 0 aliphatic heterocycles. The average Bonchev–Trinajstić information content (AvgIpc) is 3.02. The van der Waals surface area contributed by atoms with Crippen LogP contribution in [0.5, 0.6) is 0 Å². The van der Waals surface area contributed by atoms with Crippen molar-refractivity contribution in [2.24, 2.45) is 0 Å². The number of aromatic carboxylic acids is 1. The van der Waals surface area contributed by atoms with Crippen LogP contribution in [-0.2, 0) is 0 Å². The van der Waals surface area contributed by atoms with Crippen molar-refractivity contribution in [1.29, 1.82) is 0 Å². The first-order valence-electron chi connectivity index (χ1n) is 8.16. The molecule has 0 aliphatic rings. The Kier molecular flexibility index (Phi) is 4.36. The molecule has 2 aromatic carbocycles. The number of carboxylic acid groups (broad SMARTS) is 1. The third-order valence-corrected chi connectivity index (χ3v) is 4.84. The van der Waals surface area contributed by atoms with Gasteiger partial charge in [0.2, 0.25) is 5.82 Å². The predicted molar refractivity (Wildman–Crippen MR) is 95.8 cm³/mol. The molecule has 0 unspecified atom stereocenters. The standard InChI is InChI=1S/C20H19FN2O3/c1-9-6-7-14(15(21)8-9)19-22-18(23-26-19)16-11(3)10(2)12(4)17(13(16)5)20(24)25/h6-8H,1-5H3,(H,24,25). The van der Waals surface area contributed by atoms with Crippen LogP contribution in [0.15, 0.2) is 22.7 Å². The second-order valence-electron chi connectivity index (χ2n) is 6.46. The maximum atomic E-state index is 14.2. The Bertz CT molecular complexity index is 1040. The summed E-state index contributed by atoms with van der Waals surface area (Å²) in [5, 5.41) is 13.5. The molecule has 0 atom stereocenters. The van der Waals surface area contributed by atoms with Gasteiger partial charge in [-0.15, -0.1) is 0 Å². The molecule has 5 nitrogen and oxygen atoms in total. The molecular formula is C20H19FN2O3. The van der Waals surface area contributed by atoms with E-state index in [1.807, 2.05) is 13.8 Å². The van der Waals surface area contributed by atoms with E-state index in [0.717, 1.165) is 16.7 Å². The van der Waals surface area contributed by atoms with E-state index in [2.05, 4.69) is 10.1 Å². The zero-order valence-corrected chi connectivity index (χ0v) is 15.3. The van der Waals surface area contributed by atoms with E-state index in [-0.39, 0.29) is 22.8 Å². The van der Waals surface area contributed by atoms with Gasteiger partial charge in [0.25, 0.3) is 5.89 Å². The maximum absolute atomic E-state index is 14.2. The van der Waals surface area contributed by atoms with Crippen LogP contribution in [0.2, 0.25) is 0 Å². The van der Waals surface area contributed by atoms with E-state index < -0.39 is 11.8 Å². The Morgan fingerprint density at radius 1 is 1.04 bits per heavy atom. The Balaban J connectivity index is 2.20. The Morgan fingerprint density at radius 3 is 2.35 bits per heavy atom. The van der Waals surface area contributed by atoms with Crippen LogP contribution in [0.25, 0.3) is 22.8 Å². The van der Waals surface area contributed by atoms with E-state index in [4.69, 9.17) is 4.52 Å². The molecule has 3 rings (SSSR count). The zero-order valence-electron chi connectivity index (χ0n) is 15.3. The number of halogens is 1. The molecule has 1 aromatic heterocycles. The lowest BCUT2D eigenvalue weighted by Gasteiger charge is -2.16. The summed E-state index contributed by atoms with van der Waals surface area (Å²) in [6.45, 7) is 9.05. The molecule has 0 radical (unpaired) electrons. The van der Waals surface area contributed by atoms with Gasteiger partial charge in [0, 0.05) is 5.56 Å². The van der Waals surface area contributed by atoms with Crippen molar-refractivity contribution in [3.05, 3.63) is 57.4 Å². The van der Waals surface area contributed by atoms with Gasteiger partial charge in [0.1, 0.15) is 5.82 Å². The zero-order chi connectivity index (χ0) is 19.2. The van der Waals surface area contributed by atoms with Gasteiger partial charge >= 0.3 is 5.97 Å². The SMILES string of the molecule is Cc1ccc(-c2nc(-c3c(C)c(C)c(C)c(C(=O)O)c3C)no2)c(F)c1. The number of aromatic nitrogens is 2. The molecule has 134 valence electrons. The molecule has 0 fully saturated rings. The van der Waals surface area contributed by atoms with Crippen molar-refractivity contribution < 1.29 is 18.8 Å². The van der Waals surface area contributed by atoms with Crippen LogP contribution in [0.1, 0.15) is 38.2 Å². The fourth-order valence-corrected chi connectivity index (χ4v) is 3.23. The lowest BCUT2D eigenvalue weighted by molar-refractivity contribution is 0.0695. The van der Waals surface area contributed by atoms with Crippen molar-refractivity contribution >= 4 is 5.97 Å². The highest BCUT2D eigenvalue weighted by molar-refractivity contribution is 5.94. The molecule has 1 heterocycles. The average molecular weight is 354 g/mol. The highest BCUT2D eigenvalue weighted by atomic mass is 19.1. The largest absolute Gasteiger partial charge is 0.478 e. The molecule has 0 aliphatic carbocycles. The molecule has 0 spiro atoms. The molecule has 0 bridgehead atoms. The van der Waals surface area contributed by atoms with Crippen LogP contribution in [0.3, 0.4) is 0 Å². The minimum absolute atomic E-state index is 0.0615. The maximum Gasteiger partial charge on any atom is 0.336 e. The topological polar surface area (TPSA) is 76.2 Å². The van der Waals surface area contributed by atoms with Gasteiger partial charge in [-0.2, -0.15) is 4.98 Å². The summed E-state index contributed by atoms with van der Waals surface area (Å²) in [4.78, 5) is 16.0. The third kappa shape index (κ3) is 2.77. The Morgan fingerprint density at radius 2 is 1.73 bits per heavy atom. The van der Waals surface area contributed by atoms with Gasteiger partial charge < -0.3 is 9.63 Å². The van der Waals surface area contributed by atoms with Gasteiger partial charge in [0.15, 0.2) is 0 Å². The molecular weight excluding hydrogens is 335 g/mol. The molecule has 3 aromatic rings. The van der Waals surface area contributed by atoms with Crippen LogP contribution in [0, 0.1) is 40.4 Å². The Hall–Kier alpha value is -3.02. The number of carboxylic acids is 1. The molecule has 6 heteroatoms. The highest BCUT2D eigenvalue weighted by Gasteiger charge is 2.24. The second-order valence-corrected chi connectivity index (χ2v) is 6.46. The summed E-state index contributed by atoms with van der Waals surface area (Å²) >= 11 is 0. The van der Waals surface area contributed by atoms with Gasteiger partial charge in [-0.1, -0.05) is 11.2 Å². The summed E-state index contributed by atoms with van der Waals surface area (Å²) in [5.41, 5.74) is 4.85. The Labute approximate surface area is 150 Å². The number of rotatable bonds is 3. The number of benzene rings is 2. The lowest BCUT2D eigenvalue weighted by atomic mass is 9.88. The van der Waals surface area contributed by atoms with Crippen molar-refractivity contribution in [2.75, 3.05) is 0 Å². The van der Waals surface area contributed by atoms with Gasteiger partial charge in [0.05, 0.1) is 11.1 Å². The van der Waals surface area contributed by atoms with Gasteiger partial charge in [-0.05, 0) is 74.6 Å². The second kappa shape index (κ2) is 6.37. The quantitative estimate of drug-likeness (QED) is 0.732. The minimum atomic E-state index is -1.00. The first-order chi connectivity index (χ1) is 12.2. The molecule has 0 saturated carbocycles. The molecule has 26 heavy (non-hydrogen) atoms. The van der Waals surface area contributed by atoms with Crippen molar-refractivity contribution in [1.82, 2.24) is 10.1 Å². The van der Waals surface area contributed by atoms with Crippen LogP contribution in [-0.4, -0.2) is 21.2 Å². The van der Waals surface area contributed by atoms with Gasteiger partial charge in [-0.25, -0.2) is 9.18 Å². The number of hydrogen-bond acceptors (Lipinski definition) is 4. The summed E-state index contributed by atoms with van der Waals surface area (Å²) in [7, 11) is 0. The summed E-state index contributed by atoms with van der Waals surface area (Å²) in [5.74, 6) is -1.13. The summed E-state index contributed by atoms with van der Waals surface area (Å²) in [6, 6.07) is 4.75. The number of aryl methyl sites for hydroxylation is 1. The summed E-state index contributed by atoms with van der Waals surface area (Å²) in [6.07, 6.45) is 0. The highest BCUT2D eigenvalue weighted by Crippen LogP contribution is 2.34. The van der Waals surface area contributed by atoms with Gasteiger partial charge in [-0.3, -0.25) is 0 Å². The first-order valence-corrected chi connectivity index (χ1v) is 8.16. The van der Waals surface area contributed by atoms with E-state index in [1.165, 1.54) is 6.07 Å². The van der Waals surface area contributed by atoms with Crippen LogP contribution < -0.4 is 0 Å². The minimum Gasteiger partial charge on any atom is -0.478 e.